The monoisotopic (exact) mass is 287 g/mol. The van der Waals surface area contributed by atoms with Gasteiger partial charge >= 0.3 is 0 Å². The molecule has 0 saturated heterocycles. The molecule has 0 bridgehead atoms. The highest BCUT2D eigenvalue weighted by atomic mass is 79.9. The third kappa shape index (κ3) is 4.52. The fourth-order valence-electron chi connectivity index (χ4n) is 1.53. The molecule has 1 nitrogen and oxygen atoms in total. The number of hydrogen-bond donors (Lipinski definition) is 1. The Balaban J connectivity index is 2.55. The molecule has 0 aliphatic heterocycles. The lowest BCUT2D eigenvalue weighted by Gasteiger charge is -2.17. The van der Waals surface area contributed by atoms with E-state index in [1.807, 2.05) is 0 Å². The Hall–Kier alpha value is -0.570. The van der Waals surface area contributed by atoms with Gasteiger partial charge in [0.05, 0.1) is 5.69 Å². The first-order valence-electron chi connectivity index (χ1n) is 5.70. The Bertz CT molecular complexity index is 339. The van der Waals surface area contributed by atoms with Crippen LogP contribution >= 0.6 is 15.9 Å². The van der Waals surface area contributed by atoms with E-state index < -0.39 is 0 Å². The first kappa shape index (κ1) is 13.5. The van der Waals surface area contributed by atoms with E-state index in [2.05, 4.69) is 42.0 Å². The van der Waals surface area contributed by atoms with Crippen molar-refractivity contribution in [3.8, 4) is 0 Å². The molecular formula is C13H19BrFN. The highest BCUT2D eigenvalue weighted by Crippen LogP contribution is 2.24. The summed E-state index contributed by atoms with van der Waals surface area (Å²) in [7, 11) is 0. The maximum Gasteiger partial charge on any atom is 0.125 e. The fraction of sp³-hybridized carbons (Fsp3) is 0.538. The predicted molar refractivity (Wildman–Crippen MR) is 71.3 cm³/mol. The van der Waals surface area contributed by atoms with Crippen molar-refractivity contribution >= 4 is 21.6 Å². The van der Waals surface area contributed by atoms with Gasteiger partial charge in [-0.15, -0.1) is 0 Å². The molecule has 1 N–H and O–H groups in total. The van der Waals surface area contributed by atoms with Crippen molar-refractivity contribution in [3.05, 3.63) is 28.5 Å². The Morgan fingerprint density at radius 2 is 1.94 bits per heavy atom. The van der Waals surface area contributed by atoms with Crippen molar-refractivity contribution in [2.24, 2.45) is 5.92 Å². The molecule has 0 heterocycles. The van der Waals surface area contributed by atoms with E-state index in [4.69, 9.17) is 0 Å². The number of hydrogen-bond acceptors (Lipinski definition) is 1. The minimum Gasteiger partial charge on any atom is -0.382 e. The van der Waals surface area contributed by atoms with E-state index in [1.54, 1.807) is 6.07 Å². The Labute approximate surface area is 106 Å². The van der Waals surface area contributed by atoms with E-state index in [0.29, 0.717) is 12.0 Å². The topological polar surface area (TPSA) is 12.0 Å². The summed E-state index contributed by atoms with van der Waals surface area (Å²) in [6.07, 6.45) is 2.28. The molecule has 0 aromatic heterocycles. The molecule has 0 radical (unpaired) electrons. The van der Waals surface area contributed by atoms with Crippen LogP contribution in [0.15, 0.2) is 22.7 Å². The summed E-state index contributed by atoms with van der Waals surface area (Å²) >= 11 is 3.41. The quantitative estimate of drug-likeness (QED) is 0.818. The average Bonchev–Trinajstić information content (AvgIpc) is 2.20. The predicted octanol–water partition coefficient (Wildman–Crippen LogP) is 4.82. The van der Waals surface area contributed by atoms with Crippen molar-refractivity contribution in [2.75, 3.05) is 5.32 Å². The number of anilines is 1. The smallest absolute Gasteiger partial charge is 0.125 e. The van der Waals surface area contributed by atoms with E-state index in [-0.39, 0.29) is 5.82 Å². The van der Waals surface area contributed by atoms with E-state index in [9.17, 15) is 4.39 Å². The van der Waals surface area contributed by atoms with Crippen LogP contribution in [0.2, 0.25) is 0 Å². The van der Waals surface area contributed by atoms with Crippen LogP contribution in [0.5, 0.6) is 0 Å². The number of benzene rings is 1. The van der Waals surface area contributed by atoms with Gasteiger partial charge in [0.1, 0.15) is 5.82 Å². The summed E-state index contributed by atoms with van der Waals surface area (Å²) in [4.78, 5) is 0. The van der Waals surface area contributed by atoms with Gasteiger partial charge in [0, 0.05) is 10.5 Å². The first-order valence-corrected chi connectivity index (χ1v) is 6.50. The van der Waals surface area contributed by atoms with Gasteiger partial charge in [0.25, 0.3) is 0 Å². The molecular weight excluding hydrogens is 269 g/mol. The lowest BCUT2D eigenvalue weighted by Crippen LogP contribution is -2.16. The zero-order valence-corrected chi connectivity index (χ0v) is 11.6. The third-order valence-corrected chi connectivity index (χ3v) is 3.20. The maximum absolute atomic E-state index is 13.1. The second-order valence-corrected chi connectivity index (χ2v) is 5.50. The summed E-state index contributed by atoms with van der Waals surface area (Å²) in [5.74, 6) is 0.502. The standard InChI is InChI=1S/C13H19BrFN/c1-9(2)4-5-10(3)16-13-8-11(15)6-7-12(13)14/h6-10,16H,4-5H2,1-3H3. The molecule has 3 heteroatoms. The van der Waals surface area contributed by atoms with Crippen molar-refractivity contribution in [2.45, 2.75) is 39.7 Å². The second kappa shape index (κ2) is 6.24. The lowest BCUT2D eigenvalue weighted by atomic mass is 10.0. The second-order valence-electron chi connectivity index (χ2n) is 4.64. The SMILES string of the molecule is CC(C)CCC(C)Nc1cc(F)ccc1Br. The molecule has 1 unspecified atom stereocenters. The third-order valence-electron chi connectivity index (χ3n) is 2.51. The Morgan fingerprint density at radius 3 is 2.56 bits per heavy atom. The largest absolute Gasteiger partial charge is 0.382 e. The molecule has 0 amide bonds. The zero-order chi connectivity index (χ0) is 12.1. The zero-order valence-electron chi connectivity index (χ0n) is 10.1. The minimum atomic E-state index is -0.207. The van der Waals surface area contributed by atoms with Gasteiger partial charge in [-0.25, -0.2) is 4.39 Å². The van der Waals surface area contributed by atoms with Crippen LogP contribution in [0.1, 0.15) is 33.6 Å². The molecule has 1 atom stereocenters. The maximum atomic E-state index is 13.1. The van der Waals surface area contributed by atoms with Gasteiger partial charge in [-0.3, -0.25) is 0 Å². The molecule has 0 spiro atoms. The van der Waals surface area contributed by atoms with E-state index in [0.717, 1.165) is 16.6 Å². The van der Waals surface area contributed by atoms with Crippen molar-refractivity contribution in [1.82, 2.24) is 0 Å². The van der Waals surface area contributed by atoms with E-state index in [1.165, 1.54) is 18.6 Å². The summed E-state index contributed by atoms with van der Waals surface area (Å²) in [6.45, 7) is 6.55. The molecule has 1 aromatic carbocycles. The molecule has 0 saturated carbocycles. The molecule has 1 rings (SSSR count). The van der Waals surface area contributed by atoms with Gasteiger partial charge in [0.2, 0.25) is 0 Å². The molecule has 90 valence electrons. The molecule has 0 aliphatic rings. The van der Waals surface area contributed by atoms with Crippen LogP contribution in [0.4, 0.5) is 10.1 Å². The molecule has 1 aromatic rings. The van der Waals surface area contributed by atoms with Crippen LogP contribution in [0.25, 0.3) is 0 Å². The van der Waals surface area contributed by atoms with Gasteiger partial charge in [-0.05, 0) is 59.8 Å². The van der Waals surface area contributed by atoms with Crippen LogP contribution in [0.3, 0.4) is 0 Å². The van der Waals surface area contributed by atoms with Gasteiger partial charge < -0.3 is 5.32 Å². The number of rotatable bonds is 5. The van der Waals surface area contributed by atoms with Crippen molar-refractivity contribution in [3.63, 3.8) is 0 Å². The summed E-state index contributed by atoms with van der Waals surface area (Å²) in [5.41, 5.74) is 0.830. The minimum absolute atomic E-state index is 0.207. The van der Waals surface area contributed by atoms with Crippen LogP contribution < -0.4 is 5.32 Å². The van der Waals surface area contributed by atoms with Crippen LogP contribution in [-0.4, -0.2) is 6.04 Å². The molecule has 0 fully saturated rings. The summed E-state index contributed by atoms with van der Waals surface area (Å²) in [6, 6.07) is 5.07. The Morgan fingerprint density at radius 1 is 1.25 bits per heavy atom. The summed E-state index contributed by atoms with van der Waals surface area (Å²) in [5, 5.41) is 3.32. The first-order chi connectivity index (χ1) is 7.49. The number of halogens is 2. The van der Waals surface area contributed by atoms with Gasteiger partial charge in [-0.2, -0.15) is 0 Å². The Kier molecular flexibility index (Phi) is 5.26. The summed E-state index contributed by atoms with van der Waals surface area (Å²) < 4.78 is 14.0. The lowest BCUT2D eigenvalue weighted by molar-refractivity contribution is 0.527. The van der Waals surface area contributed by atoms with Crippen LogP contribution in [0, 0.1) is 11.7 Å². The average molecular weight is 288 g/mol. The van der Waals surface area contributed by atoms with E-state index >= 15 is 0 Å². The molecule has 0 aliphatic carbocycles. The highest BCUT2D eigenvalue weighted by Gasteiger charge is 2.07. The van der Waals surface area contributed by atoms with Crippen molar-refractivity contribution in [1.29, 1.82) is 0 Å². The highest BCUT2D eigenvalue weighted by molar-refractivity contribution is 9.10. The van der Waals surface area contributed by atoms with Crippen LogP contribution in [-0.2, 0) is 0 Å². The van der Waals surface area contributed by atoms with Gasteiger partial charge in [-0.1, -0.05) is 13.8 Å². The normalized spacial score (nSPS) is 12.9. The number of nitrogens with one attached hydrogen (secondary N) is 1. The van der Waals surface area contributed by atoms with Gasteiger partial charge in [0.15, 0.2) is 0 Å². The van der Waals surface area contributed by atoms with Crippen molar-refractivity contribution < 1.29 is 4.39 Å². The molecule has 16 heavy (non-hydrogen) atoms. The fourth-order valence-corrected chi connectivity index (χ4v) is 1.89.